The maximum absolute atomic E-state index is 13.8. The molecule has 4 rings (SSSR count). The average molecular weight is 464 g/mol. The van der Waals surface area contributed by atoms with Gasteiger partial charge in [0.1, 0.15) is 6.04 Å². The van der Waals surface area contributed by atoms with Gasteiger partial charge >= 0.3 is 5.97 Å². The molecule has 1 amide bonds. The lowest BCUT2D eigenvalue weighted by molar-refractivity contribution is -0.147. The molecule has 184 valence electrons. The Bertz CT molecular complexity index is 969. The lowest BCUT2D eigenvalue weighted by Gasteiger charge is -2.52. The summed E-state index contributed by atoms with van der Waals surface area (Å²) < 4.78 is 0. The molecule has 4 nitrogen and oxygen atoms in total. The van der Waals surface area contributed by atoms with E-state index in [0.29, 0.717) is 12.3 Å². The summed E-state index contributed by atoms with van der Waals surface area (Å²) in [7, 11) is 0. The zero-order valence-electron chi connectivity index (χ0n) is 21.1. The second kappa shape index (κ2) is 9.36. The molecule has 2 N–H and O–H groups in total. The molecule has 4 heteroatoms. The third kappa shape index (κ3) is 4.61. The van der Waals surface area contributed by atoms with Crippen molar-refractivity contribution >= 4 is 11.9 Å². The Labute approximate surface area is 204 Å². The topological polar surface area (TPSA) is 66.4 Å². The van der Waals surface area contributed by atoms with Gasteiger partial charge in [-0.3, -0.25) is 4.79 Å². The van der Waals surface area contributed by atoms with Crippen LogP contribution in [0.1, 0.15) is 77.7 Å². The van der Waals surface area contributed by atoms with Crippen LogP contribution in [-0.2, 0) is 16.0 Å². The first-order chi connectivity index (χ1) is 16.1. The van der Waals surface area contributed by atoms with E-state index in [9.17, 15) is 14.7 Å². The van der Waals surface area contributed by atoms with Crippen molar-refractivity contribution in [1.29, 1.82) is 0 Å². The van der Waals surface area contributed by atoms with Crippen LogP contribution in [-0.4, -0.2) is 23.0 Å². The summed E-state index contributed by atoms with van der Waals surface area (Å²) in [6, 6.07) is 8.64. The molecular formula is C30H41NO3. The van der Waals surface area contributed by atoms with E-state index in [1.165, 1.54) is 5.57 Å². The van der Waals surface area contributed by atoms with E-state index in [0.717, 1.165) is 56.9 Å². The molecule has 2 unspecified atom stereocenters. The van der Waals surface area contributed by atoms with Gasteiger partial charge in [-0.15, -0.1) is 6.58 Å². The summed E-state index contributed by atoms with van der Waals surface area (Å²) in [5.74, 6) is -0.211. The Morgan fingerprint density at radius 1 is 1.18 bits per heavy atom. The van der Waals surface area contributed by atoms with Crippen molar-refractivity contribution in [1.82, 2.24) is 5.32 Å². The van der Waals surface area contributed by atoms with E-state index in [-0.39, 0.29) is 22.7 Å². The number of carbonyl (C=O) groups excluding carboxylic acids is 1. The molecule has 1 aromatic rings. The predicted octanol–water partition coefficient (Wildman–Crippen LogP) is 6.32. The van der Waals surface area contributed by atoms with E-state index in [2.05, 4.69) is 44.8 Å². The van der Waals surface area contributed by atoms with Gasteiger partial charge in [0, 0.05) is 6.42 Å². The highest BCUT2D eigenvalue weighted by Gasteiger charge is 2.55. The van der Waals surface area contributed by atoms with Gasteiger partial charge in [0.05, 0.1) is 5.41 Å². The van der Waals surface area contributed by atoms with E-state index in [1.54, 1.807) is 0 Å². The number of hydrogen-bond acceptors (Lipinski definition) is 2. The predicted molar refractivity (Wildman–Crippen MR) is 136 cm³/mol. The van der Waals surface area contributed by atoms with Crippen molar-refractivity contribution in [2.24, 2.45) is 28.1 Å². The van der Waals surface area contributed by atoms with Crippen LogP contribution in [0.4, 0.5) is 0 Å². The van der Waals surface area contributed by atoms with Crippen LogP contribution in [0.3, 0.4) is 0 Å². The second-order valence-electron chi connectivity index (χ2n) is 11.9. The van der Waals surface area contributed by atoms with Crippen molar-refractivity contribution in [3.8, 4) is 0 Å². The fourth-order valence-corrected chi connectivity index (χ4v) is 7.35. The number of aliphatic carboxylic acids is 1. The molecule has 3 aliphatic carbocycles. The van der Waals surface area contributed by atoms with E-state index >= 15 is 0 Å². The number of carbonyl (C=O) groups is 2. The summed E-state index contributed by atoms with van der Waals surface area (Å²) >= 11 is 0. The minimum Gasteiger partial charge on any atom is -0.480 e. The summed E-state index contributed by atoms with van der Waals surface area (Å²) in [6.07, 6.45) is 13.3. The van der Waals surface area contributed by atoms with E-state index in [4.69, 9.17) is 0 Å². The third-order valence-electron chi connectivity index (χ3n) is 9.50. The van der Waals surface area contributed by atoms with Crippen LogP contribution in [0.15, 0.2) is 54.6 Å². The molecule has 1 aromatic carbocycles. The first-order valence-corrected chi connectivity index (χ1v) is 13.0. The van der Waals surface area contributed by atoms with Crippen LogP contribution in [0.25, 0.3) is 0 Å². The van der Waals surface area contributed by atoms with Crippen molar-refractivity contribution in [2.45, 2.75) is 84.6 Å². The van der Waals surface area contributed by atoms with Crippen LogP contribution in [0.5, 0.6) is 0 Å². The number of carboxylic acid groups (broad SMARTS) is 1. The number of hydrogen-bond donors (Lipinski definition) is 2. The number of allylic oxidation sites excluding steroid dienone is 3. The van der Waals surface area contributed by atoms with Gasteiger partial charge in [0.2, 0.25) is 5.91 Å². The molecule has 0 spiro atoms. The molecule has 34 heavy (non-hydrogen) atoms. The largest absolute Gasteiger partial charge is 0.480 e. The van der Waals surface area contributed by atoms with Gasteiger partial charge in [-0.25, -0.2) is 4.79 Å². The summed E-state index contributed by atoms with van der Waals surface area (Å²) in [5, 5.41) is 12.9. The number of carboxylic acids is 1. The standard InChI is InChI=1S/C30H41NO3/c1-5-28(2)17-14-23-18-22(20-28)12-13-25-29(23,3)15-9-16-30(25,4)27(34)31-24(26(32)33)19-21-10-7-6-8-11-21/h5-8,10-11,14,22,24-25H,1,9,12-13,15-20H2,2-4H3,(H,31,34)(H,32,33)/t22?,24-,25?,28-,29-,30+/m0/s1. The van der Waals surface area contributed by atoms with Gasteiger partial charge in [0.25, 0.3) is 0 Å². The smallest absolute Gasteiger partial charge is 0.326 e. The number of rotatable bonds is 6. The Morgan fingerprint density at radius 2 is 1.91 bits per heavy atom. The van der Waals surface area contributed by atoms with Crippen molar-refractivity contribution in [2.75, 3.05) is 0 Å². The highest BCUT2D eigenvalue weighted by molar-refractivity contribution is 5.88. The molecule has 3 aliphatic rings. The minimum atomic E-state index is -0.973. The average Bonchev–Trinajstić information content (AvgIpc) is 3.07. The van der Waals surface area contributed by atoms with Crippen molar-refractivity contribution < 1.29 is 14.7 Å². The Balaban J connectivity index is 1.60. The highest BCUT2D eigenvalue weighted by Crippen LogP contribution is 2.61. The van der Waals surface area contributed by atoms with E-state index < -0.39 is 17.4 Å². The zero-order chi connectivity index (χ0) is 24.6. The van der Waals surface area contributed by atoms with Crippen LogP contribution < -0.4 is 5.32 Å². The van der Waals surface area contributed by atoms with E-state index in [1.807, 2.05) is 30.3 Å². The molecular weight excluding hydrogens is 422 g/mol. The number of fused-ring (bicyclic) bond motifs is 4. The first-order valence-electron chi connectivity index (χ1n) is 13.0. The summed E-state index contributed by atoms with van der Waals surface area (Å²) in [6.45, 7) is 10.9. The molecule has 0 saturated heterocycles. The second-order valence-corrected chi connectivity index (χ2v) is 11.9. The van der Waals surface area contributed by atoms with Crippen LogP contribution >= 0.6 is 0 Å². The molecule has 0 radical (unpaired) electrons. The lowest BCUT2D eigenvalue weighted by atomic mass is 9.52. The van der Waals surface area contributed by atoms with Crippen LogP contribution in [0.2, 0.25) is 0 Å². The normalized spacial score (nSPS) is 36.1. The zero-order valence-corrected chi connectivity index (χ0v) is 21.1. The highest BCUT2D eigenvalue weighted by atomic mass is 16.4. The third-order valence-corrected chi connectivity index (χ3v) is 9.50. The minimum absolute atomic E-state index is 0.0103. The molecule has 2 saturated carbocycles. The van der Waals surface area contributed by atoms with Gasteiger partial charge < -0.3 is 10.4 Å². The maximum atomic E-state index is 13.8. The van der Waals surface area contributed by atoms with Gasteiger partial charge in [-0.05, 0) is 73.2 Å². The lowest BCUT2D eigenvalue weighted by Crippen LogP contribution is -2.55. The van der Waals surface area contributed by atoms with Crippen molar-refractivity contribution in [3.05, 3.63) is 60.2 Å². The number of amides is 1. The van der Waals surface area contributed by atoms with Gasteiger partial charge in [0.15, 0.2) is 0 Å². The molecule has 2 fully saturated rings. The first kappa shape index (κ1) is 24.8. The van der Waals surface area contributed by atoms with Gasteiger partial charge in [-0.2, -0.15) is 0 Å². The van der Waals surface area contributed by atoms with Gasteiger partial charge in [-0.1, -0.05) is 75.2 Å². The molecule has 0 aromatic heterocycles. The molecule has 0 aliphatic heterocycles. The Morgan fingerprint density at radius 3 is 2.59 bits per heavy atom. The van der Waals surface area contributed by atoms with Crippen molar-refractivity contribution in [3.63, 3.8) is 0 Å². The number of nitrogens with one attached hydrogen (secondary N) is 1. The maximum Gasteiger partial charge on any atom is 0.326 e. The number of benzene rings is 1. The molecule has 2 bridgehead atoms. The molecule has 6 atom stereocenters. The summed E-state index contributed by atoms with van der Waals surface area (Å²) in [5.41, 5.74) is 2.03. The monoisotopic (exact) mass is 463 g/mol. The Hall–Kier alpha value is -2.36. The van der Waals surface area contributed by atoms with Crippen LogP contribution in [0, 0.1) is 28.1 Å². The quantitative estimate of drug-likeness (QED) is 0.485. The Kier molecular flexibility index (Phi) is 6.81. The molecule has 0 heterocycles. The fraction of sp³-hybridized carbons (Fsp3) is 0.600. The fourth-order valence-electron chi connectivity index (χ4n) is 7.35. The SMILES string of the molecule is C=C[C@@]1(C)CC=C2CC(CCC3[C@](C)(C(=O)N[C@@H](Cc4ccccc4)C(=O)O)CCC[C@@]23C)C1. The summed E-state index contributed by atoms with van der Waals surface area (Å²) in [4.78, 5) is 25.9.